The fraction of sp³-hybridized carbons (Fsp3) is 0.571. The summed E-state index contributed by atoms with van der Waals surface area (Å²) in [4.78, 5) is 12.5. The summed E-state index contributed by atoms with van der Waals surface area (Å²) in [7, 11) is 1.61. The van der Waals surface area contributed by atoms with Gasteiger partial charge in [0.1, 0.15) is 23.6 Å². The van der Waals surface area contributed by atoms with Gasteiger partial charge in [-0.2, -0.15) is 0 Å². The topological polar surface area (TPSA) is 83.5 Å². The van der Waals surface area contributed by atoms with Crippen LogP contribution in [0.3, 0.4) is 0 Å². The molecule has 0 spiro atoms. The number of hydrogen-bond donors (Lipinski definition) is 1. The minimum absolute atomic E-state index is 0.220. The van der Waals surface area contributed by atoms with Gasteiger partial charge in [0.2, 0.25) is 0 Å². The Morgan fingerprint density at radius 2 is 1.89 bits per heavy atom. The van der Waals surface area contributed by atoms with Gasteiger partial charge in [-0.15, -0.1) is 0 Å². The van der Waals surface area contributed by atoms with Gasteiger partial charge < -0.3 is 28.8 Å². The van der Waals surface area contributed by atoms with Crippen molar-refractivity contribution in [3.8, 4) is 5.75 Å². The number of methoxy groups -OCH3 is 1. The molecule has 1 fully saturated rings. The first-order valence-electron chi connectivity index (χ1n) is 9.41. The maximum atomic E-state index is 12.5. The van der Waals surface area contributed by atoms with Crippen molar-refractivity contribution in [2.24, 2.45) is 0 Å². The molecule has 2 heterocycles. The second-order valence-electron chi connectivity index (χ2n) is 7.90. The lowest BCUT2D eigenvalue weighted by molar-refractivity contribution is -0.268. The van der Waals surface area contributed by atoms with Crippen molar-refractivity contribution in [3.05, 3.63) is 42.0 Å². The molecule has 3 rings (SSSR count). The Morgan fingerprint density at radius 3 is 2.54 bits per heavy atom. The Bertz CT molecular complexity index is 692. The summed E-state index contributed by atoms with van der Waals surface area (Å²) in [6.45, 7) is 5.54. The van der Waals surface area contributed by atoms with Gasteiger partial charge in [0.15, 0.2) is 12.4 Å². The van der Waals surface area contributed by atoms with Crippen LogP contribution in [-0.4, -0.2) is 54.8 Å². The summed E-state index contributed by atoms with van der Waals surface area (Å²) >= 11 is 0. The van der Waals surface area contributed by atoms with Gasteiger partial charge in [-0.05, 0) is 39.3 Å². The average Bonchev–Trinajstić information content (AvgIpc) is 2.63. The van der Waals surface area contributed by atoms with Crippen LogP contribution in [-0.2, 0) is 23.7 Å². The predicted molar refractivity (Wildman–Crippen MR) is 101 cm³/mol. The predicted octanol–water partition coefficient (Wildman–Crippen LogP) is 2.53. The van der Waals surface area contributed by atoms with Crippen LogP contribution in [0.2, 0.25) is 0 Å². The third-order valence-corrected chi connectivity index (χ3v) is 4.46. The molecule has 1 aromatic carbocycles. The third kappa shape index (κ3) is 5.11. The van der Waals surface area contributed by atoms with Gasteiger partial charge >= 0.3 is 5.97 Å². The molecule has 28 heavy (non-hydrogen) atoms. The molecule has 1 aromatic rings. The van der Waals surface area contributed by atoms with E-state index >= 15 is 0 Å². The molecule has 0 unspecified atom stereocenters. The van der Waals surface area contributed by atoms with Crippen molar-refractivity contribution in [1.29, 1.82) is 0 Å². The number of esters is 1. The fourth-order valence-electron chi connectivity index (χ4n) is 3.10. The summed E-state index contributed by atoms with van der Waals surface area (Å²) in [5.74, 6) is 0.159. The molecule has 0 amide bonds. The van der Waals surface area contributed by atoms with E-state index in [0.29, 0.717) is 0 Å². The van der Waals surface area contributed by atoms with Crippen LogP contribution in [0, 0.1) is 0 Å². The molecule has 1 saturated heterocycles. The van der Waals surface area contributed by atoms with E-state index in [4.69, 9.17) is 23.7 Å². The number of rotatable bonds is 3. The highest BCUT2D eigenvalue weighted by Crippen LogP contribution is 2.31. The number of aliphatic hydroxyl groups excluding tert-OH is 1. The molecule has 1 N–H and O–H groups in total. The number of benzene rings is 1. The van der Waals surface area contributed by atoms with E-state index in [-0.39, 0.29) is 13.0 Å². The van der Waals surface area contributed by atoms with E-state index in [1.807, 2.05) is 30.3 Å². The zero-order valence-electron chi connectivity index (χ0n) is 16.7. The van der Waals surface area contributed by atoms with E-state index in [1.54, 1.807) is 34.0 Å². The van der Waals surface area contributed by atoms with Gasteiger partial charge in [-0.25, -0.2) is 4.79 Å². The number of hydrogen-bond acceptors (Lipinski definition) is 7. The van der Waals surface area contributed by atoms with E-state index < -0.39 is 42.3 Å². The third-order valence-electron chi connectivity index (χ3n) is 4.46. The van der Waals surface area contributed by atoms with Crippen molar-refractivity contribution >= 4 is 5.97 Å². The quantitative estimate of drug-likeness (QED) is 0.625. The standard InChI is InChI=1S/C21H28O7/c1-21(2,3)28-19(23)18-15(22)6-5-7-16-17(26-18)12-25-20(27-16)13-8-10-14(24-4)11-9-13/h5,7-11,15-18,20,22H,6,12H2,1-4H3/b7-5-/t15-,16-,17+,18+,20+/m0/s1. The van der Waals surface area contributed by atoms with E-state index in [0.717, 1.165) is 11.3 Å². The molecular weight excluding hydrogens is 364 g/mol. The van der Waals surface area contributed by atoms with Crippen molar-refractivity contribution in [2.45, 2.75) is 63.5 Å². The summed E-state index contributed by atoms with van der Waals surface area (Å²) in [5.41, 5.74) is 0.190. The second kappa shape index (κ2) is 8.61. The number of carbonyl (C=O) groups excluding carboxylic acids is 1. The van der Waals surface area contributed by atoms with Gasteiger partial charge in [0.25, 0.3) is 0 Å². The Kier molecular flexibility index (Phi) is 6.40. The van der Waals surface area contributed by atoms with Crippen LogP contribution in [0.1, 0.15) is 39.0 Å². The minimum Gasteiger partial charge on any atom is -0.497 e. The average molecular weight is 392 g/mol. The number of carbonyl (C=O) groups is 1. The molecular formula is C21H28O7. The zero-order chi connectivity index (χ0) is 20.3. The van der Waals surface area contributed by atoms with E-state index in [9.17, 15) is 9.90 Å². The molecule has 0 bridgehead atoms. The first-order chi connectivity index (χ1) is 13.3. The highest BCUT2D eigenvalue weighted by molar-refractivity contribution is 5.76. The Hall–Kier alpha value is -1.93. The molecule has 5 atom stereocenters. The Labute approximate surface area is 165 Å². The zero-order valence-corrected chi connectivity index (χ0v) is 16.7. The lowest BCUT2D eigenvalue weighted by atomic mass is 10.0. The first-order valence-corrected chi connectivity index (χ1v) is 9.41. The summed E-state index contributed by atoms with van der Waals surface area (Å²) in [6, 6.07) is 7.44. The van der Waals surface area contributed by atoms with Crippen LogP contribution in [0.5, 0.6) is 5.75 Å². The summed E-state index contributed by atoms with van der Waals surface area (Å²) in [6.07, 6.45) is 0.343. The number of fused-ring (bicyclic) bond motifs is 1. The van der Waals surface area contributed by atoms with Crippen LogP contribution in [0.15, 0.2) is 36.4 Å². The first kappa shape index (κ1) is 20.8. The fourth-order valence-corrected chi connectivity index (χ4v) is 3.10. The van der Waals surface area contributed by atoms with Gasteiger partial charge in [-0.3, -0.25) is 0 Å². The Balaban J connectivity index is 1.71. The molecule has 7 heteroatoms. The largest absolute Gasteiger partial charge is 0.497 e. The maximum absolute atomic E-state index is 12.5. The molecule has 154 valence electrons. The second-order valence-corrected chi connectivity index (χ2v) is 7.90. The molecule has 0 saturated carbocycles. The lowest BCUT2D eigenvalue weighted by Crippen LogP contribution is -2.50. The lowest BCUT2D eigenvalue weighted by Gasteiger charge is -2.38. The number of ether oxygens (including phenoxy) is 5. The molecule has 7 nitrogen and oxygen atoms in total. The van der Waals surface area contributed by atoms with Crippen molar-refractivity contribution < 1.29 is 33.6 Å². The van der Waals surface area contributed by atoms with Crippen molar-refractivity contribution in [3.63, 3.8) is 0 Å². The van der Waals surface area contributed by atoms with Crippen LogP contribution < -0.4 is 4.74 Å². The van der Waals surface area contributed by atoms with Crippen molar-refractivity contribution in [1.82, 2.24) is 0 Å². The maximum Gasteiger partial charge on any atom is 0.338 e. The summed E-state index contributed by atoms with van der Waals surface area (Å²) < 4.78 is 28.3. The van der Waals surface area contributed by atoms with Crippen molar-refractivity contribution in [2.75, 3.05) is 13.7 Å². The number of aliphatic hydroxyl groups is 1. The van der Waals surface area contributed by atoms with Crippen LogP contribution in [0.25, 0.3) is 0 Å². The molecule has 2 aliphatic rings. The van der Waals surface area contributed by atoms with Crippen LogP contribution in [0.4, 0.5) is 0 Å². The smallest absolute Gasteiger partial charge is 0.338 e. The molecule has 2 aliphatic heterocycles. The normalized spacial score (nSPS) is 31.8. The van der Waals surface area contributed by atoms with E-state index in [2.05, 4.69) is 0 Å². The van der Waals surface area contributed by atoms with E-state index in [1.165, 1.54) is 0 Å². The molecule has 0 aromatic heterocycles. The highest BCUT2D eigenvalue weighted by Gasteiger charge is 2.40. The van der Waals surface area contributed by atoms with Gasteiger partial charge in [0.05, 0.1) is 19.8 Å². The Morgan fingerprint density at radius 1 is 1.18 bits per heavy atom. The highest BCUT2D eigenvalue weighted by atomic mass is 16.7. The van der Waals surface area contributed by atoms with Gasteiger partial charge in [-0.1, -0.05) is 24.3 Å². The SMILES string of the molecule is COc1ccc([C@@H]2OC[C@H]3O[C@@H](C(=O)OC(C)(C)C)[C@@H](O)C/C=C\[C@@H]3O2)cc1. The van der Waals surface area contributed by atoms with Crippen LogP contribution >= 0.6 is 0 Å². The summed E-state index contributed by atoms with van der Waals surface area (Å²) in [5, 5.41) is 10.3. The monoisotopic (exact) mass is 392 g/mol. The molecule has 0 aliphatic carbocycles. The minimum atomic E-state index is -1.10. The van der Waals surface area contributed by atoms with Gasteiger partial charge in [0, 0.05) is 5.56 Å². The molecule has 0 radical (unpaired) electrons.